The second-order valence-electron chi connectivity index (χ2n) is 2.88. The van der Waals surface area contributed by atoms with Crippen LogP contribution in [0.5, 0.6) is 0 Å². The largest absolute Gasteiger partial charge is 0.448 e. The van der Waals surface area contributed by atoms with Gasteiger partial charge in [-0.3, -0.25) is 4.79 Å². The molecule has 3 nitrogen and oxygen atoms in total. The quantitative estimate of drug-likeness (QED) is 0.349. The molecule has 16 heavy (non-hydrogen) atoms. The lowest BCUT2D eigenvalue weighted by molar-refractivity contribution is -0.135. The third kappa shape index (κ3) is 3.76. The minimum Gasteiger partial charge on any atom is -0.448 e. The summed E-state index contributed by atoms with van der Waals surface area (Å²) in [5.41, 5.74) is 0.446. The van der Waals surface area contributed by atoms with Gasteiger partial charge in [-0.25, -0.2) is 4.79 Å². The van der Waals surface area contributed by atoms with Gasteiger partial charge in [-0.15, -0.1) is 0 Å². The highest BCUT2D eigenvalue weighted by atomic mass is 35.5. The van der Waals surface area contributed by atoms with Crippen molar-refractivity contribution in [1.82, 2.24) is 0 Å². The smallest absolute Gasteiger partial charge is 0.384 e. The first-order valence-electron chi connectivity index (χ1n) is 4.51. The van der Waals surface area contributed by atoms with Gasteiger partial charge >= 0.3 is 5.97 Å². The summed E-state index contributed by atoms with van der Waals surface area (Å²) in [6.07, 6.45) is 0. The van der Waals surface area contributed by atoms with E-state index >= 15 is 0 Å². The Balaban J connectivity index is 2.55. The maximum atomic E-state index is 11.5. The van der Waals surface area contributed by atoms with Gasteiger partial charge in [0.2, 0.25) is 0 Å². The lowest BCUT2D eigenvalue weighted by Crippen LogP contribution is -2.12. The van der Waals surface area contributed by atoms with Gasteiger partial charge in [0.1, 0.15) is 0 Å². The van der Waals surface area contributed by atoms with Crippen molar-refractivity contribution in [3.8, 4) is 11.8 Å². The molecule has 1 aromatic rings. The fourth-order valence-electron chi connectivity index (χ4n) is 0.988. The standard InChI is InChI=1S/C12H9ClO3/c1-2-3-12(15)16-8-11(14)9-4-6-10(13)7-5-9/h4-7H,8H2,1H3. The molecule has 0 aliphatic rings. The number of esters is 1. The number of carbonyl (C=O) groups is 2. The molecule has 0 heterocycles. The molecule has 0 aliphatic heterocycles. The number of ketones is 1. The fourth-order valence-corrected chi connectivity index (χ4v) is 1.11. The summed E-state index contributed by atoms with van der Waals surface area (Å²) in [5.74, 6) is 3.57. The van der Waals surface area contributed by atoms with Gasteiger partial charge in [0.25, 0.3) is 0 Å². The maximum Gasteiger partial charge on any atom is 0.384 e. The molecule has 0 saturated carbocycles. The predicted octanol–water partition coefficient (Wildman–Crippen LogP) is 2.09. The lowest BCUT2D eigenvalue weighted by Gasteiger charge is -2.00. The van der Waals surface area contributed by atoms with Crippen molar-refractivity contribution in [2.24, 2.45) is 0 Å². The number of rotatable bonds is 3. The zero-order valence-corrected chi connectivity index (χ0v) is 9.38. The topological polar surface area (TPSA) is 43.4 Å². The van der Waals surface area contributed by atoms with Crippen molar-refractivity contribution < 1.29 is 14.3 Å². The summed E-state index contributed by atoms with van der Waals surface area (Å²) in [5, 5.41) is 0.547. The first kappa shape index (κ1) is 12.3. The molecule has 0 N–H and O–H groups in total. The van der Waals surface area contributed by atoms with Gasteiger partial charge in [0.05, 0.1) is 0 Å². The number of hydrogen-bond donors (Lipinski definition) is 0. The van der Waals surface area contributed by atoms with Crippen LogP contribution in [0, 0.1) is 11.8 Å². The molecular weight excluding hydrogens is 228 g/mol. The molecule has 0 amide bonds. The van der Waals surface area contributed by atoms with Crippen LogP contribution >= 0.6 is 11.6 Å². The summed E-state index contributed by atoms with van der Waals surface area (Å²) >= 11 is 5.67. The van der Waals surface area contributed by atoms with Gasteiger partial charge in [0.15, 0.2) is 12.4 Å². The monoisotopic (exact) mass is 236 g/mol. The molecule has 0 unspecified atom stereocenters. The van der Waals surface area contributed by atoms with Crippen LogP contribution in [0.2, 0.25) is 5.02 Å². The molecule has 0 fully saturated rings. The minimum atomic E-state index is -0.704. The number of carbonyl (C=O) groups excluding carboxylic acids is 2. The van der Waals surface area contributed by atoms with Crippen molar-refractivity contribution in [2.45, 2.75) is 6.92 Å². The first-order chi connectivity index (χ1) is 7.63. The van der Waals surface area contributed by atoms with Crippen LogP contribution in [0.4, 0.5) is 0 Å². The predicted molar refractivity (Wildman–Crippen MR) is 60.2 cm³/mol. The molecule has 0 aliphatic carbocycles. The van der Waals surface area contributed by atoms with E-state index < -0.39 is 5.97 Å². The van der Waals surface area contributed by atoms with Crippen molar-refractivity contribution in [3.05, 3.63) is 34.9 Å². The van der Waals surface area contributed by atoms with Crippen LogP contribution in [0.15, 0.2) is 24.3 Å². The summed E-state index contributed by atoms with van der Waals surface area (Å²) in [7, 11) is 0. The summed E-state index contributed by atoms with van der Waals surface area (Å²) in [6, 6.07) is 6.35. The van der Waals surface area contributed by atoms with Crippen LogP contribution < -0.4 is 0 Å². The molecule has 0 spiro atoms. The van der Waals surface area contributed by atoms with Gasteiger partial charge in [-0.1, -0.05) is 17.5 Å². The molecule has 0 aromatic heterocycles. The van der Waals surface area contributed by atoms with Crippen LogP contribution in [-0.2, 0) is 9.53 Å². The van der Waals surface area contributed by atoms with Gasteiger partial charge in [-0.2, -0.15) is 0 Å². The third-order valence-corrected chi connectivity index (χ3v) is 1.98. The Hall–Kier alpha value is -1.79. The minimum absolute atomic E-state index is 0.289. The van der Waals surface area contributed by atoms with Crippen LogP contribution in [0.3, 0.4) is 0 Å². The average molecular weight is 237 g/mol. The van der Waals surface area contributed by atoms with E-state index in [0.29, 0.717) is 10.6 Å². The van der Waals surface area contributed by atoms with E-state index in [2.05, 4.69) is 16.6 Å². The van der Waals surface area contributed by atoms with Crippen LogP contribution in [0.25, 0.3) is 0 Å². The highest BCUT2D eigenvalue weighted by Gasteiger charge is 2.07. The zero-order chi connectivity index (χ0) is 12.0. The average Bonchev–Trinajstić information content (AvgIpc) is 2.27. The Morgan fingerprint density at radius 3 is 2.50 bits per heavy atom. The number of halogens is 1. The van der Waals surface area contributed by atoms with E-state index in [1.54, 1.807) is 24.3 Å². The molecule has 4 heteroatoms. The number of hydrogen-bond acceptors (Lipinski definition) is 3. The Bertz CT molecular complexity index is 451. The van der Waals surface area contributed by atoms with E-state index in [4.69, 9.17) is 11.6 Å². The van der Waals surface area contributed by atoms with Gasteiger partial charge in [0, 0.05) is 16.5 Å². The molecule has 0 saturated heterocycles. The zero-order valence-electron chi connectivity index (χ0n) is 8.62. The van der Waals surface area contributed by atoms with E-state index in [0.717, 1.165) is 0 Å². The van der Waals surface area contributed by atoms with Gasteiger partial charge < -0.3 is 4.74 Å². The van der Waals surface area contributed by atoms with Crippen molar-refractivity contribution in [1.29, 1.82) is 0 Å². The van der Waals surface area contributed by atoms with Crippen molar-refractivity contribution >= 4 is 23.4 Å². The summed E-state index contributed by atoms with van der Waals surface area (Å²) in [6.45, 7) is 1.21. The van der Waals surface area contributed by atoms with E-state index in [1.165, 1.54) is 6.92 Å². The lowest BCUT2D eigenvalue weighted by atomic mass is 10.1. The SMILES string of the molecule is CC#CC(=O)OCC(=O)c1ccc(Cl)cc1. The van der Waals surface area contributed by atoms with Crippen LogP contribution in [0.1, 0.15) is 17.3 Å². The summed E-state index contributed by atoms with van der Waals surface area (Å²) < 4.78 is 4.63. The Labute approximate surface area is 98.4 Å². The summed E-state index contributed by atoms with van der Waals surface area (Å²) in [4.78, 5) is 22.4. The first-order valence-corrected chi connectivity index (χ1v) is 4.89. The number of ether oxygens (including phenoxy) is 1. The van der Waals surface area contributed by atoms with Gasteiger partial charge in [-0.05, 0) is 31.2 Å². The van der Waals surface area contributed by atoms with E-state index in [1.807, 2.05) is 0 Å². The Kier molecular flexibility index (Phi) is 4.56. The number of benzene rings is 1. The fraction of sp³-hybridized carbons (Fsp3) is 0.167. The molecule has 1 aromatic carbocycles. The molecule has 1 rings (SSSR count). The Morgan fingerprint density at radius 2 is 1.94 bits per heavy atom. The van der Waals surface area contributed by atoms with Crippen molar-refractivity contribution in [2.75, 3.05) is 6.61 Å². The van der Waals surface area contributed by atoms with Crippen molar-refractivity contribution in [3.63, 3.8) is 0 Å². The molecule has 0 radical (unpaired) electrons. The molecule has 82 valence electrons. The Morgan fingerprint density at radius 1 is 1.31 bits per heavy atom. The highest BCUT2D eigenvalue weighted by Crippen LogP contribution is 2.09. The second kappa shape index (κ2) is 5.94. The van der Waals surface area contributed by atoms with Crippen LogP contribution in [-0.4, -0.2) is 18.4 Å². The molecular formula is C12H9ClO3. The second-order valence-corrected chi connectivity index (χ2v) is 3.32. The number of Topliss-reactive ketones (excluding diaryl/α,β-unsaturated/α-hetero) is 1. The molecule has 0 atom stereocenters. The normalized spacial score (nSPS) is 8.88. The van der Waals surface area contributed by atoms with E-state index in [9.17, 15) is 9.59 Å². The molecule has 0 bridgehead atoms. The third-order valence-electron chi connectivity index (χ3n) is 1.73. The highest BCUT2D eigenvalue weighted by molar-refractivity contribution is 6.30. The van der Waals surface area contributed by atoms with E-state index in [-0.39, 0.29) is 12.4 Å². The maximum absolute atomic E-state index is 11.5.